The molecule has 2 aromatic rings. The summed E-state index contributed by atoms with van der Waals surface area (Å²) in [5.41, 5.74) is 0.707. The van der Waals surface area contributed by atoms with Crippen molar-refractivity contribution < 1.29 is 19.0 Å². The van der Waals surface area contributed by atoms with Gasteiger partial charge in [-0.15, -0.1) is 0 Å². The van der Waals surface area contributed by atoms with Crippen LogP contribution in [0.1, 0.15) is 5.56 Å². The minimum absolute atomic E-state index is 0.138. The van der Waals surface area contributed by atoms with E-state index in [2.05, 4.69) is 0 Å². The second kappa shape index (κ2) is 9.32. The fourth-order valence-electron chi connectivity index (χ4n) is 2.49. The Morgan fingerprint density at radius 2 is 1.79 bits per heavy atom. The van der Waals surface area contributed by atoms with Gasteiger partial charge in [-0.25, -0.2) is 0 Å². The summed E-state index contributed by atoms with van der Waals surface area (Å²) in [5.74, 6) is 1.78. The summed E-state index contributed by atoms with van der Waals surface area (Å²) in [7, 11) is 3.25. The summed E-state index contributed by atoms with van der Waals surface area (Å²) in [4.78, 5) is 14.2. The van der Waals surface area contributed by atoms with E-state index in [9.17, 15) is 4.79 Å². The van der Waals surface area contributed by atoms with Gasteiger partial charge in [0.15, 0.2) is 11.5 Å². The smallest absolute Gasteiger partial charge is 0.265 e. The highest BCUT2D eigenvalue weighted by atomic mass is 35.5. The van der Waals surface area contributed by atoms with Gasteiger partial charge in [-0.05, 0) is 36.4 Å². The lowest BCUT2D eigenvalue weighted by atomic mass is 10.2. The van der Waals surface area contributed by atoms with E-state index in [1.165, 1.54) is 16.7 Å². The Labute approximate surface area is 178 Å². The predicted molar refractivity (Wildman–Crippen MR) is 116 cm³/mol. The van der Waals surface area contributed by atoms with Crippen LogP contribution in [-0.4, -0.2) is 42.5 Å². The van der Waals surface area contributed by atoms with Gasteiger partial charge < -0.3 is 14.2 Å². The molecule has 8 heteroatoms. The van der Waals surface area contributed by atoms with E-state index in [4.69, 9.17) is 38.0 Å². The highest BCUT2D eigenvalue weighted by Crippen LogP contribution is 2.34. The van der Waals surface area contributed by atoms with Crippen molar-refractivity contribution in [1.82, 2.24) is 4.90 Å². The zero-order chi connectivity index (χ0) is 20.1. The average Bonchev–Trinajstić information content (AvgIpc) is 2.93. The van der Waals surface area contributed by atoms with Crippen molar-refractivity contribution in [3.8, 4) is 17.2 Å². The zero-order valence-electron chi connectivity index (χ0n) is 15.3. The lowest BCUT2D eigenvalue weighted by Crippen LogP contribution is -2.22. The number of hydrogen-bond acceptors (Lipinski definition) is 6. The van der Waals surface area contributed by atoms with Crippen molar-refractivity contribution in [2.75, 3.05) is 27.4 Å². The van der Waals surface area contributed by atoms with Crippen LogP contribution in [0.4, 0.5) is 0 Å². The van der Waals surface area contributed by atoms with Crippen molar-refractivity contribution in [1.29, 1.82) is 0 Å². The summed E-state index contributed by atoms with van der Waals surface area (Å²) in [6, 6.07) is 12.7. The van der Waals surface area contributed by atoms with Gasteiger partial charge in [0.1, 0.15) is 23.3 Å². The van der Waals surface area contributed by atoms with Gasteiger partial charge in [0.25, 0.3) is 5.91 Å². The van der Waals surface area contributed by atoms with Crippen LogP contribution in [-0.2, 0) is 4.79 Å². The van der Waals surface area contributed by atoms with Gasteiger partial charge in [-0.3, -0.25) is 9.69 Å². The topological polar surface area (TPSA) is 48.0 Å². The van der Waals surface area contributed by atoms with Gasteiger partial charge in [-0.1, -0.05) is 47.7 Å². The van der Waals surface area contributed by atoms with E-state index < -0.39 is 0 Å². The SMILES string of the molecule is COc1ccccc1OCCOc1ccc(Cl)cc1/C=C1/SC(=S)N(C)C1=O. The number of benzene rings is 2. The van der Waals surface area contributed by atoms with Gasteiger partial charge >= 0.3 is 0 Å². The predicted octanol–water partition coefficient (Wildman–Crippen LogP) is 4.64. The van der Waals surface area contributed by atoms with Gasteiger partial charge in [0, 0.05) is 17.6 Å². The number of amides is 1. The van der Waals surface area contributed by atoms with Crippen molar-refractivity contribution in [2.24, 2.45) is 0 Å². The first kappa shape index (κ1) is 20.5. The summed E-state index contributed by atoms with van der Waals surface area (Å²) in [5, 5.41) is 0.552. The molecule has 0 spiro atoms. The lowest BCUT2D eigenvalue weighted by Gasteiger charge is -2.13. The van der Waals surface area contributed by atoms with Crippen LogP contribution in [0.25, 0.3) is 6.08 Å². The monoisotopic (exact) mass is 435 g/mol. The molecule has 28 heavy (non-hydrogen) atoms. The Bertz CT molecular complexity index is 932. The third-order valence-electron chi connectivity index (χ3n) is 3.91. The third-order valence-corrected chi connectivity index (χ3v) is 5.63. The number of thiocarbonyl (C=S) groups is 1. The zero-order valence-corrected chi connectivity index (χ0v) is 17.7. The molecule has 0 bridgehead atoms. The van der Waals surface area contributed by atoms with Crippen LogP contribution in [0.15, 0.2) is 47.4 Å². The molecule has 1 aliphatic heterocycles. The molecule has 1 saturated heterocycles. The molecule has 0 radical (unpaired) electrons. The Balaban J connectivity index is 1.68. The first-order valence-corrected chi connectivity index (χ1v) is 9.99. The second-order valence-corrected chi connectivity index (χ2v) is 7.88. The van der Waals surface area contributed by atoms with E-state index in [-0.39, 0.29) is 5.91 Å². The number of nitrogens with zero attached hydrogens (tertiary/aromatic N) is 1. The maximum atomic E-state index is 12.2. The number of carbonyl (C=O) groups excluding carboxylic acids is 1. The third kappa shape index (κ3) is 4.79. The van der Waals surface area contributed by atoms with Crippen molar-refractivity contribution in [3.05, 3.63) is 58.0 Å². The van der Waals surface area contributed by atoms with Gasteiger partial charge in [-0.2, -0.15) is 0 Å². The number of halogens is 1. The fourth-order valence-corrected chi connectivity index (χ4v) is 3.84. The first-order chi connectivity index (χ1) is 13.5. The quantitative estimate of drug-likeness (QED) is 0.359. The summed E-state index contributed by atoms with van der Waals surface area (Å²) in [6.07, 6.45) is 1.74. The molecule has 1 fully saturated rings. The standard InChI is InChI=1S/C20H18ClNO4S2/c1-22-19(23)18(28-20(22)27)12-13-11-14(21)7-8-15(13)25-9-10-26-17-6-4-3-5-16(17)24-2/h3-8,11-12H,9-10H2,1-2H3/b18-12+. The second-order valence-electron chi connectivity index (χ2n) is 5.77. The van der Waals surface area contributed by atoms with Crippen LogP contribution >= 0.6 is 35.6 Å². The van der Waals surface area contributed by atoms with Crippen molar-refractivity contribution in [2.45, 2.75) is 0 Å². The fraction of sp³-hybridized carbons (Fsp3) is 0.200. The maximum Gasteiger partial charge on any atom is 0.265 e. The molecule has 0 N–H and O–H groups in total. The number of likely N-dealkylation sites (N-methyl/N-ethyl adjacent to an activating group) is 1. The number of rotatable bonds is 7. The Morgan fingerprint density at radius 1 is 1.11 bits per heavy atom. The molecule has 0 aromatic heterocycles. The molecule has 0 atom stereocenters. The number of ether oxygens (including phenoxy) is 3. The molecule has 5 nitrogen and oxygen atoms in total. The van der Waals surface area contributed by atoms with Crippen LogP contribution in [0.3, 0.4) is 0 Å². The van der Waals surface area contributed by atoms with Crippen LogP contribution in [0.5, 0.6) is 17.2 Å². The number of thioether (sulfide) groups is 1. The minimum Gasteiger partial charge on any atom is -0.493 e. The first-order valence-electron chi connectivity index (χ1n) is 8.39. The van der Waals surface area contributed by atoms with Crippen LogP contribution in [0.2, 0.25) is 5.02 Å². The Hall–Kier alpha value is -2.22. The molecule has 0 unspecified atom stereocenters. The molecule has 0 aliphatic carbocycles. The van der Waals surface area contributed by atoms with Crippen molar-refractivity contribution in [3.63, 3.8) is 0 Å². The van der Waals surface area contributed by atoms with E-state index in [1.54, 1.807) is 38.4 Å². The molecule has 3 rings (SSSR count). The highest BCUT2D eigenvalue weighted by molar-refractivity contribution is 8.26. The van der Waals surface area contributed by atoms with Crippen molar-refractivity contribution >= 4 is 51.9 Å². The average molecular weight is 436 g/mol. The maximum absolute atomic E-state index is 12.2. The summed E-state index contributed by atoms with van der Waals surface area (Å²) in [6.45, 7) is 0.648. The number of carbonyl (C=O) groups is 1. The molecule has 146 valence electrons. The number of para-hydroxylation sites is 2. The molecule has 0 saturated carbocycles. The molecule has 1 aliphatic rings. The number of hydrogen-bond donors (Lipinski definition) is 0. The normalized spacial score (nSPS) is 15.2. The molecular formula is C20H18ClNO4S2. The van der Waals surface area contributed by atoms with E-state index in [0.717, 1.165) is 0 Å². The molecule has 1 amide bonds. The van der Waals surface area contributed by atoms with Crippen LogP contribution < -0.4 is 14.2 Å². The Morgan fingerprint density at radius 3 is 2.43 bits per heavy atom. The minimum atomic E-state index is -0.138. The van der Waals surface area contributed by atoms with E-state index in [1.807, 2.05) is 24.3 Å². The summed E-state index contributed by atoms with van der Waals surface area (Å²) >= 11 is 12.5. The molecule has 2 aromatic carbocycles. The molecular weight excluding hydrogens is 418 g/mol. The lowest BCUT2D eigenvalue weighted by molar-refractivity contribution is -0.121. The summed E-state index contributed by atoms with van der Waals surface area (Å²) < 4.78 is 17.3. The van der Waals surface area contributed by atoms with Gasteiger partial charge in [0.05, 0.1) is 12.0 Å². The van der Waals surface area contributed by atoms with E-state index >= 15 is 0 Å². The highest BCUT2D eigenvalue weighted by Gasteiger charge is 2.29. The molecule has 1 heterocycles. The van der Waals surface area contributed by atoms with E-state index in [0.29, 0.717) is 50.3 Å². The van der Waals surface area contributed by atoms with Crippen LogP contribution in [0, 0.1) is 0 Å². The number of methoxy groups -OCH3 is 1. The van der Waals surface area contributed by atoms with Gasteiger partial charge in [0.2, 0.25) is 0 Å². The Kier molecular flexibility index (Phi) is 6.83. The largest absolute Gasteiger partial charge is 0.493 e.